The average molecular weight is 375 g/mol. The summed E-state index contributed by atoms with van der Waals surface area (Å²) in [5.41, 5.74) is 1.81. The number of rotatable bonds is 3. The van der Waals surface area contributed by atoms with Crippen molar-refractivity contribution in [1.29, 1.82) is 0 Å². The molecule has 2 bridgehead atoms. The molecule has 3 aliphatic rings. The normalized spacial score (nSPS) is 28.6. The highest BCUT2D eigenvalue weighted by Gasteiger charge is 2.39. The second-order valence-corrected chi connectivity index (χ2v) is 9.29. The van der Waals surface area contributed by atoms with Crippen molar-refractivity contribution in [2.24, 2.45) is 0 Å². The Hall–Kier alpha value is -1.31. The van der Waals surface area contributed by atoms with Gasteiger partial charge >= 0.3 is 0 Å². The Morgan fingerprint density at radius 2 is 2.20 bits per heavy atom. The molecule has 0 spiro atoms. The maximum absolute atomic E-state index is 12.7. The van der Waals surface area contributed by atoms with Crippen LogP contribution in [-0.2, 0) is 0 Å². The van der Waals surface area contributed by atoms with E-state index in [2.05, 4.69) is 25.9 Å². The van der Waals surface area contributed by atoms with Gasteiger partial charge in [-0.3, -0.25) is 4.79 Å². The van der Waals surface area contributed by atoms with E-state index in [1.54, 1.807) is 11.3 Å². The molecule has 2 aromatic rings. The summed E-state index contributed by atoms with van der Waals surface area (Å²) in [6.07, 6.45) is 5.32. The molecule has 5 nitrogen and oxygen atoms in total. The monoisotopic (exact) mass is 374 g/mol. The molecule has 0 aliphatic carbocycles. The van der Waals surface area contributed by atoms with Crippen molar-refractivity contribution in [2.45, 2.75) is 37.4 Å². The van der Waals surface area contributed by atoms with Gasteiger partial charge in [0.05, 0.1) is 10.4 Å². The Labute approximate surface area is 155 Å². The highest BCUT2D eigenvalue weighted by Crippen LogP contribution is 2.34. The molecule has 3 atom stereocenters. The van der Waals surface area contributed by atoms with Crippen molar-refractivity contribution in [2.75, 3.05) is 29.5 Å². The zero-order chi connectivity index (χ0) is 16.8. The van der Waals surface area contributed by atoms with E-state index in [1.165, 1.54) is 35.4 Å². The van der Waals surface area contributed by atoms with Crippen LogP contribution in [0.4, 0.5) is 5.69 Å². The van der Waals surface area contributed by atoms with Crippen LogP contribution in [0.3, 0.4) is 0 Å². The summed E-state index contributed by atoms with van der Waals surface area (Å²) < 4.78 is 1.16. The van der Waals surface area contributed by atoms with Crippen molar-refractivity contribution < 1.29 is 4.79 Å². The Balaban J connectivity index is 1.38. The molecule has 2 N–H and O–H groups in total. The first-order valence-corrected chi connectivity index (χ1v) is 11.1. The molecule has 0 radical (unpaired) electrons. The maximum Gasteiger partial charge on any atom is 0.270 e. The molecule has 3 aliphatic heterocycles. The minimum absolute atomic E-state index is 0.0346. The zero-order valence-electron chi connectivity index (χ0n) is 14.0. The van der Waals surface area contributed by atoms with Crippen LogP contribution >= 0.6 is 23.1 Å². The Kier molecular flexibility index (Phi) is 4.10. The number of thioether (sulfide) groups is 1. The molecule has 0 aromatic carbocycles. The van der Waals surface area contributed by atoms with E-state index in [1.807, 2.05) is 24.0 Å². The Morgan fingerprint density at radius 3 is 2.96 bits per heavy atom. The van der Waals surface area contributed by atoms with Crippen LogP contribution in [-0.4, -0.2) is 53.6 Å². The molecule has 0 saturated carbocycles. The van der Waals surface area contributed by atoms with E-state index in [4.69, 9.17) is 0 Å². The van der Waals surface area contributed by atoms with E-state index in [9.17, 15) is 4.79 Å². The van der Waals surface area contributed by atoms with Gasteiger partial charge in [0, 0.05) is 59.7 Å². The number of amides is 1. The number of hydrogen-bond acceptors (Lipinski definition) is 6. The number of carbonyl (C=O) groups excluding carboxylic acids is 1. The minimum atomic E-state index is -0.0346. The van der Waals surface area contributed by atoms with E-state index in [0.717, 1.165) is 24.2 Å². The maximum atomic E-state index is 12.7. The first-order valence-electron chi connectivity index (χ1n) is 9.05. The molecule has 25 heavy (non-hydrogen) atoms. The highest BCUT2D eigenvalue weighted by molar-refractivity contribution is 7.99. The van der Waals surface area contributed by atoms with Crippen molar-refractivity contribution in [3.05, 3.63) is 23.3 Å². The Bertz CT molecular complexity index is 801. The quantitative estimate of drug-likeness (QED) is 0.864. The summed E-state index contributed by atoms with van der Waals surface area (Å²) in [5, 5.41) is 10.2. The predicted molar refractivity (Wildman–Crippen MR) is 105 cm³/mol. The first-order chi connectivity index (χ1) is 12.3. The lowest BCUT2D eigenvalue weighted by Gasteiger charge is -2.28. The third kappa shape index (κ3) is 2.92. The van der Waals surface area contributed by atoms with Gasteiger partial charge in [0.25, 0.3) is 5.91 Å². The lowest BCUT2D eigenvalue weighted by Crippen LogP contribution is -2.43. The van der Waals surface area contributed by atoms with E-state index in [0.29, 0.717) is 17.8 Å². The highest BCUT2D eigenvalue weighted by atomic mass is 32.2. The van der Waals surface area contributed by atoms with Crippen LogP contribution < -0.4 is 15.5 Å². The van der Waals surface area contributed by atoms with Crippen molar-refractivity contribution in [1.82, 2.24) is 15.6 Å². The van der Waals surface area contributed by atoms with E-state index >= 15 is 0 Å². The molecule has 5 rings (SSSR count). The number of thiophene rings is 1. The third-order valence-corrected chi connectivity index (χ3v) is 7.50. The van der Waals surface area contributed by atoms with Gasteiger partial charge in [-0.05, 0) is 25.3 Å². The number of carbonyl (C=O) groups is 1. The van der Waals surface area contributed by atoms with Gasteiger partial charge in [0.1, 0.15) is 5.69 Å². The molecule has 1 amide bonds. The van der Waals surface area contributed by atoms with Crippen LogP contribution in [0.5, 0.6) is 0 Å². The summed E-state index contributed by atoms with van der Waals surface area (Å²) in [7, 11) is 0. The minimum Gasteiger partial charge on any atom is -0.369 e. The fourth-order valence-corrected chi connectivity index (χ4v) is 6.14. The number of nitrogens with one attached hydrogen (secondary N) is 2. The number of nitrogens with zero attached hydrogens (tertiary/aromatic N) is 2. The lowest BCUT2D eigenvalue weighted by molar-refractivity contribution is 0.0926. The second-order valence-electron chi connectivity index (χ2n) is 7.15. The molecule has 2 aromatic heterocycles. The van der Waals surface area contributed by atoms with Crippen LogP contribution in [0, 0.1) is 0 Å². The summed E-state index contributed by atoms with van der Waals surface area (Å²) in [6, 6.07) is 3.27. The summed E-state index contributed by atoms with van der Waals surface area (Å²) >= 11 is 3.73. The largest absolute Gasteiger partial charge is 0.369 e. The van der Waals surface area contributed by atoms with Crippen LogP contribution in [0.1, 0.15) is 29.8 Å². The van der Waals surface area contributed by atoms with Crippen molar-refractivity contribution in [3.63, 3.8) is 0 Å². The second kappa shape index (κ2) is 6.45. The SMILES string of the molecule is O=C(N[C@@H]1C[C@H]2CC[C@@H]1N2)c1cc2c(N3CCSCC3)csc2cn1. The number of hydrogen-bond donors (Lipinski definition) is 2. The molecule has 3 saturated heterocycles. The third-order valence-electron chi connectivity index (χ3n) is 5.64. The average Bonchev–Trinajstić information content (AvgIpc) is 3.37. The smallest absolute Gasteiger partial charge is 0.270 e. The topological polar surface area (TPSA) is 57.3 Å². The number of fused-ring (bicyclic) bond motifs is 3. The fraction of sp³-hybridized carbons (Fsp3) is 0.556. The van der Waals surface area contributed by atoms with Crippen molar-refractivity contribution >= 4 is 44.8 Å². The van der Waals surface area contributed by atoms with E-state index in [-0.39, 0.29) is 11.9 Å². The van der Waals surface area contributed by atoms with Gasteiger partial charge < -0.3 is 15.5 Å². The Morgan fingerprint density at radius 1 is 1.32 bits per heavy atom. The molecule has 7 heteroatoms. The molecule has 5 heterocycles. The van der Waals surface area contributed by atoms with Gasteiger partial charge in [0.15, 0.2) is 0 Å². The molecular formula is C18H22N4OS2. The summed E-state index contributed by atoms with van der Waals surface area (Å²) in [6.45, 7) is 2.16. The number of aromatic nitrogens is 1. The number of anilines is 1. The summed E-state index contributed by atoms with van der Waals surface area (Å²) in [4.78, 5) is 19.6. The summed E-state index contributed by atoms with van der Waals surface area (Å²) in [5.74, 6) is 2.31. The standard InChI is InChI=1S/C18H22N4OS2/c23-18(21-14-7-11-1-2-13(14)20-11)15-8-12-16(10-25-17(12)9-19-15)22-3-5-24-6-4-22/h8-11,13-14,20H,1-7H2,(H,21,23)/t11-,13+,14-/m1/s1. The number of pyridine rings is 1. The first kappa shape index (κ1) is 15.9. The van der Waals surface area contributed by atoms with Crippen LogP contribution in [0.2, 0.25) is 0 Å². The molecule has 3 fully saturated rings. The van der Waals surface area contributed by atoms with E-state index < -0.39 is 0 Å². The van der Waals surface area contributed by atoms with Gasteiger partial charge in [-0.1, -0.05) is 0 Å². The van der Waals surface area contributed by atoms with Gasteiger partial charge in [-0.25, -0.2) is 4.98 Å². The molecule has 132 valence electrons. The van der Waals surface area contributed by atoms with Crippen LogP contribution in [0.25, 0.3) is 10.1 Å². The van der Waals surface area contributed by atoms with Gasteiger partial charge in [-0.15, -0.1) is 11.3 Å². The van der Waals surface area contributed by atoms with Crippen LogP contribution in [0.15, 0.2) is 17.6 Å². The predicted octanol–water partition coefficient (Wildman–Crippen LogP) is 2.47. The van der Waals surface area contributed by atoms with Gasteiger partial charge in [-0.2, -0.15) is 11.8 Å². The van der Waals surface area contributed by atoms with Gasteiger partial charge in [0.2, 0.25) is 0 Å². The fourth-order valence-electron chi connectivity index (χ4n) is 4.32. The molecule has 0 unspecified atom stereocenters. The molecular weight excluding hydrogens is 352 g/mol. The lowest BCUT2D eigenvalue weighted by atomic mass is 9.95. The van der Waals surface area contributed by atoms with Crippen molar-refractivity contribution in [3.8, 4) is 0 Å². The zero-order valence-corrected chi connectivity index (χ0v) is 15.7.